The molecule has 0 saturated heterocycles. The Balaban J connectivity index is 1.48. The van der Waals surface area contributed by atoms with E-state index in [0.29, 0.717) is 25.0 Å². The van der Waals surface area contributed by atoms with E-state index in [4.69, 9.17) is 9.15 Å². The molecule has 0 spiro atoms. The first kappa shape index (κ1) is 13.7. The second-order valence-electron chi connectivity index (χ2n) is 4.28. The van der Waals surface area contributed by atoms with Gasteiger partial charge in [-0.2, -0.15) is 0 Å². The summed E-state index contributed by atoms with van der Waals surface area (Å²) in [6.07, 6.45) is 0.958. The van der Waals surface area contributed by atoms with E-state index in [0.717, 1.165) is 19.5 Å². The van der Waals surface area contributed by atoms with Crippen molar-refractivity contribution in [3.63, 3.8) is 0 Å². The number of hydrogen-bond acceptors (Lipinski definition) is 5. The summed E-state index contributed by atoms with van der Waals surface area (Å²) in [6.45, 7) is 4.66. The summed E-state index contributed by atoms with van der Waals surface area (Å²) in [4.78, 5) is 0. The Morgan fingerprint density at radius 3 is 2.79 bits per heavy atom. The molecule has 0 fully saturated rings. The zero-order valence-corrected chi connectivity index (χ0v) is 11.1. The Morgan fingerprint density at radius 2 is 2.05 bits per heavy atom. The van der Waals surface area contributed by atoms with Crippen molar-refractivity contribution in [2.24, 2.45) is 0 Å². The fraction of sp³-hybridized carbons (Fsp3) is 0.429. The van der Waals surface area contributed by atoms with Crippen LogP contribution in [0, 0.1) is 6.92 Å². The fourth-order valence-corrected chi connectivity index (χ4v) is 1.68. The number of hydrogen-bond donors (Lipinski definition) is 1. The van der Waals surface area contributed by atoms with Crippen LogP contribution >= 0.6 is 0 Å². The summed E-state index contributed by atoms with van der Waals surface area (Å²) >= 11 is 0. The standard InChI is InChI=1S/C14H19N3O2/c1-12-16-17-14(19-12)11-18-9-5-8-15-10-13-6-3-2-4-7-13/h2-4,6-7,15H,5,8-11H2,1H3. The second-order valence-corrected chi connectivity index (χ2v) is 4.28. The van der Waals surface area contributed by atoms with Gasteiger partial charge in [0.05, 0.1) is 0 Å². The third-order valence-electron chi connectivity index (χ3n) is 2.61. The maximum atomic E-state index is 5.45. The molecule has 0 amide bonds. The highest BCUT2D eigenvalue weighted by molar-refractivity contribution is 5.14. The third kappa shape index (κ3) is 5.19. The highest BCUT2D eigenvalue weighted by Gasteiger charge is 2.01. The molecule has 0 radical (unpaired) electrons. The Labute approximate surface area is 113 Å². The van der Waals surface area contributed by atoms with Crippen LogP contribution < -0.4 is 5.32 Å². The zero-order chi connectivity index (χ0) is 13.3. The summed E-state index contributed by atoms with van der Waals surface area (Å²) in [6, 6.07) is 10.3. The van der Waals surface area contributed by atoms with Gasteiger partial charge in [0.15, 0.2) is 0 Å². The van der Waals surface area contributed by atoms with Crippen molar-refractivity contribution in [1.29, 1.82) is 0 Å². The lowest BCUT2D eigenvalue weighted by atomic mass is 10.2. The lowest BCUT2D eigenvalue weighted by Gasteiger charge is -2.05. The van der Waals surface area contributed by atoms with Crippen LogP contribution in [0.4, 0.5) is 0 Å². The van der Waals surface area contributed by atoms with Crippen LogP contribution in [0.5, 0.6) is 0 Å². The quantitative estimate of drug-likeness (QED) is 0.737. The molecular weight excluding hydrogens is 242 g/mol. The number of benzene rings is 1. The van der Waals surface area contributed by atoms with Gasteiger partial charge >= 0.3 is 0 Å². The van der Waals surface area contributed by atoms with Crippen molar-refractivity contribution in [3.05, 3.63) is 47.7 Å². The molecule has 5 nitrogen and oxygen atoms in total. The largest absolute Gasteiger partial charge is 0.423 e. The van der Waals surface area contributed by atoms with Crippen LogP contribution in [0.15, 0.2) is 34.7 Å². The topological polar surface area (TPSA) is 60.2 Å². The molecule has 0 aliphatic rings. The average Bonchev–Trinajstić information content (AvgIpc) is 2.85. The van der Waals surface area contributed by atoms with Crippen LogP contribution in [0.1, 0.15) is 23.8 Å². The smallest absolute Gasteiger partial charge is 0.242 e. The molecule has 5 heteroatoms. The van der Waals surface area contributed by atoms with Crippen molar-refractivity contribution < 1.29 is 9.15 Å². The number of rotatable bonds is 8. The van der Waals surface area contributed by atoms with Gasteiger partial charge in [-0.05, 0) is 18.5 Å². The van der Waals surface area contributed by atoms with E-state index >= 15 is 0 Å². The molecule has 1 heterocycles. The predicted molar refractivity (Wildman–Crippen MR) is 71.5 cm³/mol. The summed E-state index contributed by atoms with van der Waals surface area (Å²) < 4.78 is 10.7. The minimum Gasteiger partial charge on any atom is -0.423 e. The summed E-state index contributed by atoms with van der Waals surface area (Å²) in [5.41, 5.74) is 1.30. The van der Waals surface area contributed by atoms with Gasteiger partial charge in [0, 0.05) is 20.1 Å². The maximum absolute atomic E-state index is 5.45. The summed E-state index contributed by atoms with van der Waals surface area (Å²) in [5, 5.41) is 11.0. The molecule has 2 aromatic rings. The number of nitrogens with one attached hydrogen (secondary N) is 1. The van der Waals surface area contributed by atoms with Gasteiger partial charge in [-0.25, -0.2) is 0 Å². The predicted octanol–water partition coefficient (Wildman–Crippen LogP) is 2.07. The Bertz CT molecular complexity index is 471. The van der Waals surface area contributed by atoms with Crippen LogP contribution in [-0.4, -0.2) is 23.3 Å². The minimum atomic E-state index is 0.388. The second kappa shape index (κ2) is 7.66. The number of aromatic nitrogens is 2. The van der Waals surface area contributed by atoms with Crippen molar-refractivity contribution in [3.8, 4) is 0 Å². The monoisotopic (exact) mass is 261 g/mol. The highest BCUT2D eigenvalue weighted by atomic mass is 16.5. The molecule has 1 aromatic carbocycles. The van der Waals surface area contributed by atoms with Crippen molar-refractivity contribution in [2.45, 2.75) is 26.5 Å². The molecule has 2 rings (SSSR count). The van der Waals surface area contributed by atoms with E-state index in [9.17, 15) is 0 Å². The van der Waals surface area contributed by atoms with Crippen molar-refractivity contribution in [1.82, 2.24) is 15.5 Å². The van der Waals surface area contributed by atoms with Crippen molar-refractivity contribution in [2.75, 3.05) is 13.2 Å². The fourth-order valence-electron chi connectivity index (χ4n) is 1.68. The molecule has 102 valence electrons. The molecule has 0 saturated carbocycles. The SMILES string of the molecule is Cc1nnc(COCCCNCc2ccccc2)o1. The Kier molecular flexibility index (Phi) is 5.52. The normalized spacial score (nSPS) is 10.8. The van der Waals surface area contributed by atoms with Gasteiger partial charge in [-0.3, -0.25) is 0 Å². The van der Waals surface area contributed by atoms with Crippen LogP contribution in [0.3, 0.4) is 0 Å². The minimum absolute atomic E-state index is 0.388. The first-order valence-corrected chi connectivity index (χ1v) is 6.46. The first-order valence-electron chi connectivity index (χ1n) is 6.46. The molecule has 1 aromatic heterocycles. The van der Waals surface area contributed by atoms with Gasteiger partial charge in [0.2, 0.25) is 11.8 Å². The van der Waals surface area contributed by atoms with Crippen LogP contribution in [-0.2, 0) is 17.9 Å². The average molecular weight is 261 g/mol. The molecule has 0 atom stereocenters. The molecular formula is C14H19N3O2. The molecule has 19 heavy (non-hydrogen) atoms. The molecule has 0 bridgehead atoms. The van der Waals surface area contributed by atoms with E-state index in [-0.39, 0.29) is 0 Å². The number of aryl methyl sites for hydroxylation is 1. The van der Waals surface area contributed by atoms with E-state index < -0.39 is 0 Å². The van der Waals surface area contributed by atoms with E-state index in [1.54, 1.807) is 6.92 Å². The van der Waals surface area contributed by atoms with E-state index in [1.165, 1.54) is 5.56 Å². The number of nitrogens with zero attached hydrogens (tertiary/aromatic N) is 2. The molecule has 0 aliphatic carbocycles. The molecule has 0 aliphatic heterocycles. The first-order chi connectivity index (χ1) is 9.34. The van der Waals surface area contributed by atoms with Gasteiger partial charge in [0.25, 0.3) is 0 Å². The molecule has 1 N–H and O–H groups in total. The molecule has 0 unspecified atom stereocenters. The summed E-state index contributed by atoms with van der Waals surface area (Å²) in [7, 11) is 0. The Hall–Kier alpha value is -1.72. The van der Waals surface area contributed by atoms with Crippen LogP contribution in [0.2, 0.25) is 0 Å². The van der Waals surface area contributed by atoms with E-state index in [1.807, 2.05) is 18.2 Å². The lowest BCUT2D eigenvalue weighted by Crippen LogP contribution is -2.16. The van der Waals surface area contributed by atoms with Gasteiger partial charge < -0.3 is 14.5 Å². The summed E-state index contributed by atoms with van der Waals surface area (Å²) in [5.74, 6) is 1.11. The van der Waals surface area contributed by atoms with Gasteiger partial charge in [-0.1, -0.05) is 30.3 Å². The third-order valence-corrected chi connectivity index (χ3v) is 2.61. The maximum Gasteiger partial charge on any atom is 0.242 e. The highest BCUT2D eigenvalue weighted by Crippen LogP contribution is 2.00. The lowest BCUT2D eigenvalue weighted by molar-refractivity contribution is 0.0997. The number of ether oxygens (including phenoxy) is 1. The van der Waals surface area contributed by atoms with Gasteiger partial charge in [0.1, 0.15) is 6.61 Å². The van der Waals surface area contributed by atoms with Gasteiger partial charge in [-0.15, -0.1) is 10.2 Å². The Morgan fingerprint density at radius 1 is 1.21 bits per heavy atom. The van der Waals surface area contributed by atoms with E-state index in [2.05, 4.69) is 27.6 Å². The van der Waals surface area contributed by atoms with Crippen molar-refractivity contribution >= 4 is 0 Å². The van der Waals surface area contributed by atoms with Crippen LogP contribution in [0.25, 0.3) is 0 Å². The zero-order valence-electron chi connectivity index (χ0n) is 11.1.